The van der Waals surface area contributed by atoms with E-state index in [-0.39, 0.29) is 5.56 Å². The second kappa shape index (κ2) is 11.4. The molecule has 0 unspecified atom stereocenters. The molecule has 6 nitrogen and oxygen atoms in total. The molecule has 53 heavy (non-hydrogen) atoms. The summed E-state index contributed by atoms with van der Waals surface area (Å²) in [4.78, 5) is 23.9. The Hall–Kier alpha value is -7.31. The van der Waals surface area contributed by atoms with E-state index in [0.717, 1.165) is 54.9 Å². The summed E-state index contributed by atoms with van der Waals surface area (Å²) in [6, 6.07) is 58.5. The van der Waals surface area contributed by atoms with Gasteiger partial charge in [-0.1, -0.05) is 103 Å². The van der Waals surface area contributed by atoms with Crippen LogP contribution >= 0.6 is 0 Å². The average Bonchev–Trinajstić information content (AvgIpc) is 3.74. The van der Waals surface area contributed by atoms with Crippen molar-refractivity contribution in [2.45, 2.75) is 0 Å². The Morgan fingerprint density at radius 3 is 1.49 bits per heavy atom. The molecule has 11 rings (SSSR count). The van der Waals surface area contributed by atoms with Gasteiger partial charge in [-0.2, -0.15) is 4.98 Å². The van der Waals surface area contributed by atoms with Crippen LogP contribution in [0.15, 0.2) is 181 Å². The second-order valence-electron chi connectivity index (χ2n) is 13.4. The predicted octanol–water partition coefficient (Wildman–Crippen LogP) is 10.8. The van der Waals surface area contributed by atoms with Gasteiger partial charge in [0.2, 0.25) is 5.95 Å². The minimum absolute atomic E-state index is 0.111. The largest absolute Gasteiger partial charge is 0.309 e. The molecule has 0 bridgehead atoms. The third-order valence-corrected chi connectivity index (χ3v) is 10.5. The van der Waals surface area contributed by atoms with Gasteiger partial charge in [-0.3, -0.25) is 13.9 Å². The summed E-state index contributed by atoms with van der Waals surface area (Å²) in [5.41, 5.74) is 8.45. The molecule has 0 amide bonds. The van der Waals surface area contributed by atoms with Crippen molar-refractivity contribution in [3.8, 4) is 28.6 Å². The molecule has 0 aliphatic heterocycles. The van der Waals surface area contributed by atoms with Crippen LogP contribution < -0.4 is 5.56 Å². The van der Waals surface area contributed by atoms with Gasteiger partial charge in [0, 0.05) is 50.3 Å². The van der Waals surface area contributed by atoms with Crippen LogP contribution in [0, 0.1) is 0 Å². The lowest BCUT2D eigenvalue weighted by atomic mass is 10.0. The molecule has 0 aliphatic rings. The summed E-state index contributed by atoms with van der Waals surface area (Å²) in [6.07, 6.45) is 1.74. The lowest BCUT2D eigenvalue weighted by Crippen LogP contribution is -2.21. The zero-order chi connectivity index (χ0) is 35.0. The zero-order valence-electron chi connectivity index (χ0n) is 28.4. The molecule has 0 radical (unpaired) electrons. The Balaban J connectivity index is 1.09. The van der Waals surface area contributed by atoms with Gasteiger partial charge in [-0.25, -0.2) is 4.98 Å². The summed E-state index contributed by atoms with van der Waals surface area (Å²) < 4.78 is 6.15. The number of hydrogen-bond donors (Lipinski definition) is 0. The van der Waals surface area contributed by atoms with E-state index in [1.54, 1.807) is 10.8 Å². The number of hydrogen-bond acceptors (Lipinski definition) is 3. The highest BCUT2D eigenvalue weighted by Gasteiger charge is 2.19. The van der Waals surface area contributed by atoms with Gasteiger partial charge in [-0.15, -0.1) is 0 Å². The van der Waals surface area contributed by atoms with Crippen molar-refractivity contribution in [2.24, 2.45) is 0 Å². The highest BCUT2D eigenvalue weighted by atomic mass is 16.1. The van der Waals surface area contributed by atoms with E-state index in [4.69, 9.17) is 9.97 Å². The van der Waals surface area contributed by atoms with Crippen molar-refractivity contribution in [2.75, 3.05) is 0 Å². The van der Waals surface area contributed by atoms with Crippen molar-refractivity contribution < 1.29 is 0 Å². The third kappa shape index (κ3) is 4.36. The molecule has 11 aromatic rings. The molecule has 0 atom stereocenters. The molecule has 0 N–H and O–H groups in total. The van der Waals surface area contributed by atoms with Crippen molar-refractivity contribution in [1.29, 1.82) is 0 Å². The number of rotatable bonds is 4. The Kier molecular flexibility index (Phi) is 6.30. The van der Waals surface area contributed by atoms with E-state index in [0.29, 0.717) is 17.2 Å². The van der Waals surface area contributed by atoms with Crippen LogP contribution in [0.1, 0.15) is 0 Å². The second-order valence-corrected chi connectivity index (χ2v) is 13.4. The molecule has 4 aromatic heterocycles. The van der Waals surface area contributed by atoms with Crippen LogP contribution in [0.5, 0.6) is 0 Å². The fourth-order valence-electron chi connectivity index (χ4n) is 8.21. The van der Waals surface area contributed by atoms with E-state index >= 15 is 0 Å². The monoisotopic (exact) mass is 679 g/mol. The predicted molar refractivity (Wildman–Crippen MR) is 217 cm³/mol. The van der Waals surface area contributed by atoms with Gasteiger partial charge >= 0.3 is 0 Å². The zero-order valence-corrected chi connectivity index (χ0v) is 28.4. The summed E-state index contributed by atoms with van der Waals surface area (Å²) in [7, 11) is 0. The highest BCUT2D eigenvalue weighted by molar-refractivity contribution is 6.12. The molecule has 0 aliphatic carbocycles. The molecule has 0 saturated heterocycles. The first-order chi connectivity index (χ1) is 26.2. The van der Waals surface area contributed by atoms with Crippen LogP contribution in [0.2, 0.25) is 0 Å². The molecule has 248 valence electrons. The first-order valence-electron chi connectivity index (χ1n) is 17.7. The first kappa shape index (κ1) is 29.4. The number of fused-ring (bicyclic) bond motifs is 9. The summed E-state index contributed by atoms with van der Waals surface area (Å²) >= 11 is 0. The highest BCUT2D eigenvalue weighted by Crippen LogP contribution is 2.38. The maximum Gasteiger partial charge on any atom is 0.264 e. The SMILES string of the molecule is O=c1c2ccccc2c2ccccc2n1-c1ccnc(-n2c3ccccc3c3cc(-c4ccc5c(c4)c4ccccc4n5-c4ccccc4)ccc32)n1. The number of aromatic nitrogens is 5. The number of pyridine rings is 1. The van der Waals surface area contributed by atoms with E-state index < -0.39 is 0 Å². The topological polar surface area (TPSA) is 57.6 Å². The number of benzene rings is 7. The smallest absolute Gasteiger partial charge is 0.264 e. The van der Waals surface area contributed by atoms with Gasteiger partial charge in [0.1, 0.15) is 5.82 Å². The Morgan fingerprint density at radius 1 is 0.377 bits per heavy atom. The van der Waals surface area contributed by atoms with Gasteiger partial charge in [0.05, 0.1) is 27.6 Å². The summed E-state index contributed by atoms with van der Waals surface area (Å²) in [5, 5.41) is 7.22. The van der Waals surface area contributed by atoms with Gasteiger partial charge in [0.25, 0.3) is 5.56 Å². The third-order valence-electron chi connectivity index (χ3n) is 10.5. The minimum Gasteiger partial charge on any atom is -0.309 e. The maximum absolute atomic E-state index is 14.1. The fourth-order valence-corrected chi connectivity index (χ4v) is 8.21. The lowest BCUT2D eigenvalue weighted by molar-refractivity contribution is 0.921. The minimum atomic E-state index is -0.111. The Labute approximate surface area is 303 Å². The lowest BCUT2D eigenvalue weighted by Gasteiger charge is -2.14. The van der Waals surface area contributed by atoms with Crippen molar-refractivity contribution in [1.82, 2.24) is 23.7 Å². The van der Waals surface area contributed by atoms with E-state index in [1.165, 1.54) is 21.8 Å². The molecule has 7 aromatic carbocycles. The van der Waals surface area contributed by atoms with Crippen LogP contribution in [0.3, 0.4) is 0 Å². The van der Waals surface area contributed by atoms with Crippen LogP contribution in [0.4, 0.5) is 0 Å². The number of nitrogens with zero attached hydrogens (tertiary/aromatic N) is 5. The van der Waals surface area contributed by atoms with Crippen molar-refractivity contribution in [3.63, 3.8) is 0 Å². The first-order valence-corrected chi connectivity index (χ1v) is 17.7. The van der Waals surface area contributed by atoms with Gasteiger partial charge < -0.3 is 4.57 Å². The van der Waals surface area contributed by atoms with E-state index in [9.17, 15) is 4.79 Å². The van der Waals surface area contributed by atoms with E-state index in [1.807, 2.05) is 54.6 Å². The molecular weight excluding hydrogens is 651 g/mol. The molecular formula is C47H29N5O. The summed E-state index contributed by atoms with van der Waals surface area (Å²) in [5.74, 6) is 1.02. The molecule has 0 fully saturated rings. The van der Waals surface area contributed by atoms with Crippen LogP contribution in [-0.4, -0.2) is 23.7 Å². The van der Waals surface area contributed by atoms with Crippen molar-refractivity contribution in [3.05, 3.63) is 186 Å². The van der Waals surface area contributed by atoms with Crippen LogP contribution in [0.25, 0.3) is 93.9 Å². The normalized spacial score (nSPS) is 11.8. The maximum atomic E-state index is 14.1. The summed E-state index contributed by atoms with van der Waals surface area (Å²) in [6.45, 7) is 0. The molecule has 0 saturated carbocycles. The van der Waals surface area contributed by atoms with Crippen LogP contribution in [-0.2, 0) is 0 Å². The van der Waals surface area contributed by atoms with Gasteiger partial charge in [0.15, 0.2) is 0 Å². The Morgan fingerprint density at radius 2 is 0.849 bits per heavy atom. The van der Waals surface area contributed by atoms with E-state index in [2.05, 4.69) is 124 Å². The molecule has 0 spiro atoms. The van der Waals surface area contributed by atoms with Gasteiger partial charge in [-0.05, 0) is 77.2 Å². The van der Waals surface area contributed by atoms with Crippen molar-refractivity contribution >= 4 is 65.3 Å². The average molecular weight is 680 g/mol. The fraction of sp³-hybridized carbons (Fsp3) is 0. The Bertz CT molecular complexity index is 3320. The molecule has 6 heteroatoms. The molecule has 4 heterocycles. The quantitative estimate of drug-likeness (QED) is 0.174. The standard InChI is InChI=1S/C47H29N5O/c53-46-37-18-5-4-14-33(37)34-15-6-11-21-42(34)52(46)45-26-27-48-47(49-45)51-41-20-10-8-17-36(41)39-29-31(23-25-44(39)51)30-22-24-43-38(28-30)35-16-7-9-19-40(35)50(43)32-12-2-1-3-13-32/h1-29H. The number of para-hydroxylation sites is 4.